The van der Waals surface area contributed by atoms with Gasteiger partial charge in [0, 0.05) is 18.9 Å². The molecule has 9 unspecified atom stereocenters. The van der Waals surface area contributed by atoms with Gasteiger partial charge in [0.15, 0.2) is 0 Å². The molecule has 4 aliphatic rings. The lowest BCUT2D eigenvalue weighted by molar-refractivity contribution is -0.164. The van der Waals surface area contributed by atoms with E-state index in [9.17, 15) is 19.2 Å². The first-order valence-corrected chi connectivity index (χ1v) is 18.0. The van der Waals surface area contributed by atoms with Crippen molar-refractivity contribution in [3.05, 3.63) is 11.6 Å². The van der Waals surface area contributed by atoms with Crippen molar-refractivity contribution in [3.63, 3.8) is 0 Å². The van der Waals surface area contributed by atoms with Crippen molar-refractivity contribution in [2.24, 2.45) is 52.1 Å². The lowest BCUT2D eigenvalue weighted by Crippen LogP contribution is -2.55. The molecule has 3 fully saturated rings. The summed E-state index contributed by atoms with van der Waals surface area (Å²) in [6.45, 7) is 12.3. The first-order chi connectivity index (χ1) is 22.2. The second-order valence-electron chi connectivity index (χ2n) is 15.5. The van der Waals surface area contributed by atoms with E-state index >= 15 is 0 Å². The fourth-order valence-corrected chi connectivity index (χ4v) is 9.70. The fraction of sp³-hybridized carbons (Fsp3) is 0.838. The molecule has 0 radical (unpaired) electrons. The number of hydrogen-bond donors (Lipinski definition) is 4. The molecule has 4 aliphatic carbocycles. The summed E-state index contributed by atoms with van der Waals surface area (Å²) in [5.41, 5.74) is 6.04. The Morgan fingerprint density at radius 3 is 2.06 bits per heavy atom. The van der Waals surface area contributed by atoms with Gasteiger partial charge in [-0.05, 0) is 85.0 Å². The Balaban J connectivity index is 0.00000142. The number of rotatable bonds is 14. The molecule has 5 N–H and O–H groups in total. The van der Waals surface area contributed by atoms with E-state index in [1.54, 1.807) is 0 Å². The number of aliphatic hydroxyl groups excluding tert-OH is 1. The zero-order chi connectivity index (χ0) is 34.9. The number of fused-ring (bicyclic) bond motifs is 5. The van der Waals surface area contributed by atoms with E-state index in [-0.39, 0.29) is 55.1 Å². The van der Waals surface area contributed by atoms with Crippen LogP contribution >= 0.6 is 0 Å². The van der Waals surface area contributed by atoms with Crippen LogP contribution in [0.2, 0.25) is 0 Å². The van der Waals surface area contributed by atoms with Crippen LogP contribution in [0.15, 0.2) is 11.6 Å². The minimum absolute atomic E-state index is 0.0824. The summed E-state index contributed by atoms with van der Waals surface area (Å²) in [5.74, 6) is -0.0277. The topological polar surface area (TPSA) is 173 Å². The highest BCUT2D eigenvalue weighted by molar-refractivity contribution is 5.77. The van der Waals surface area contributed by atoms with Gasteiger partial charge in [-0.3, -0.25) is 19.2 Å². The van der Waals surface area contributed by atoms with E-state index in [2.05, 4.69) is 40.7 Å². The van der Waals surface area contributed by atoms with Crippen molar-refractivity contribution in [2.75, 3.05) is 13.2 Å². The van der Waals surface area contributed by atoms with Crippen LogP contribution in [0, 0.1) is 46.3 Å². The van der Waals surface area contributed by atoms with Gasteiger partial charge < -0.3 is 30.5 Å². The number of carboxylic acids is 2. The quantitative estimate of drug-likeness (QED) is 0.125. The summed E-state index contributed by atoms with van der Waals surface area (Å²) in [7, 11) is 0. The van der Waals surface area contributed by atoms with Crippen LogP contribution in [0.25, 0.3) is 0 Å². The minimum atomic E-state index is -1.02. The summed E-state index contributed by atoms with van der Waals surface area (Å²) in [5, 5.41) is 25.8. The normalized spacial score (nSPS) is 33.2. The molecule has 0 heterocycles. The van der Waals surface area contributed by atoms with Crippen LogP contribution in [-0.4, -0.2) is 64.6 Å². The zero-order valence-electron chi connectivity index (χ0n) is 29.4. The summed E-state index contributed by atoms with van der Waals surface area (Å²) < 4.78 is 11.9. The maximum absolute atomic E-state index is 13.0. The number of aliphatic carboxylic acids is 2. The highest BCUT2D eigenvalue weighted by Gasteiger charge is 2.62. The Morgan fingerprint density at radius 1 is 0.872 bits per heavy atom. The molecule has 0 aromatic heterocycles. The number of carbonyl (C=O) groups is 4. The highest BCUT2D eigenvalue weighted by Crippen LogP contribution is 2.67. The van der Waals surface area contributed by atoms with Crippen LogP contribution in [0.3, 0.4) is 0 Å². The smallest absolute Gasteiger partial charge is 0.306 e. The summed E-state index contributed by atoms with van der Waals surface area (Å²) in [4.78, 5) is 47.4. The van der Waals surface area contributed by atoms with E-state index in [0.29, 0.717) is 36.6 Å². The number of carbonyl (C=O) groups excluding carboxylic acids is 2. The first-order valence-electron chi connectivity index (χ1n) is 18.0. The maximum Gasteiger partial charge on any atom is 0.306 e. The Bertz CT molecular complexity index is 1120. The van der Waals surface area contributed by atoms with Gasteiger partial charge in [-0.15, -0.1) is 0 Å². The molecular weight excluding hydrogens is 602 g/mol. The summed E-state index contributed by atoms with van der Waals surface area (Å²) in [6.07, 6.45) is 11.1. The van der Waals surface area contributed by atoms with Crippen molar-refractivity contribution < 1.29 is 44.0 Å². The molecule has 0 amide bonds. The standard InChI is InChI=1S/C35H54O8.C2H7NO/c1-21(2)7-6-8-22(3)25-9-10-26-33-27(16-18-35(25,26)5)34(4)17-15-24(42-31(40)13-11-29(36)37)19-23(34)20-28(33)43-32(41)14-12-30(38)39;3-1-2-4/h20-22,24-28,33H,6-19H2,1-5H3,(H,36,37)(H,38,39);4H,1-3H2. The van der Waals surface area contributed by atoms with Crippen molar-refractivity contribution in [1.82, 2.24) is 0 Å². The van der Waals surface area contributed by atoms with Crippen LogP contribution in [0.1, 0.15) is 125 Å². The second kappa shape index (κ2) is 17.3. The van der Waals surface area contributed by atoms with E-state index in [0.717, 1.165) is 43.6 Å². The lowest BCUT2D eigenvalue weighted by Gasteiger charge is -2.59. The van der Waals surface area contributed by atoms with Crippen LogP contribution in [0.4, 0.5) is 0 Å². The van der Waals surface area contributed by atoms with Gasteiger partial charge >= 0.3 is 23.9 Å². The Labute approximate surface area is 281 Å². The molecular formula is C37H61NO9. The SMILES string of the molecule is CC(C)CCCC(C)C1CCC2C3C(OC(=O)CCC(=O)O)C=C4CC(OC(=O)CCC(=O)O)CCC4(C)C3CCC12C.NCCO. The predicted octanol–water partition coefficient (Wildman–Crippen LogP) is 6.13. The van der Waals surface area contributed by atoms with Crippen molar-refractivity contribution in [2.45, 2.75) is 137 Å². The molecule has 0 saturated heterocycles. The second-order valence-corrected chi connectivity index (χ2v) is 15.5. The van der Waals surface area contributed by atoms with Crippen molar-refractivity contribution in [3.8, 4) is 0 Å². The van der Waals surface area contributed by atoms with E-state index < -0.39 is 30.0 Å². The van der Waals surface area contributed by atoms with Crippen LogP contribution in [0.5, 0.6) is 0 Å². The molecule has 0 bridgehead atoms. The zero-order valence-corrected chi connectivity index (χ0v) is 29.4. The Hall–Kier alpha value is -2.46. The predicted molar refractivity (Wildman–Crippen MR) is 178 cm³/mol. The monoisotopic (exact) mass is 663 g/mol. The van der Waals surface area contributed by atoms with Gasteiger partial charge in [-0.25, -0.2) is 0 Å². The fourth-order valence-electron chi connectivity index (χ4n) is 9.70. The molecule has 10 nitrogen and oxygen atoms in total. The Morgan fingerprint density at radius 2 is 1.49 bits per heavy atom. The third-order valence-corrected chi connectivity index (χ3v) is 12.0. The average Bonchev–Trinajstić information content (AvgIpc) is 3.36. The molecule has 268 valence electrons. The Kier molecular flexibility index (Phi) is 14.3. The molecule has 47 heavy (non-hydrogen) atoms. The molecule has 3 saturated carbocycles. The lowest BCUT2D eigenvalue weighted by atomic mass is 9.46. The average molecular weight is 664 g/mol. The number of nitrogens with two attached hydrogens (primary N) is 1. The molecule has 10 heteroatoms. The number of carboxylic acid groups (broad SMARTS) is 2. The number of aliphatic hydroxyl groups is 1. The van der Waals surface area contributed by atoms with E-state index in [1.165, 1.54) is 25.7 Å². The summed E-state index contributed by atoms with van der Waals surface area (Å²) >= 11 is 0. The van der Waals surface area contributed by atoms with E-state index in [4.69, 9.17) is 30.5 Å². The first kappa shape index (κ1) is 39.0. The maximum atomic E-state index is 13.0. The van der Waals surface area contributed by atoms with Gasteiger partial charge in [-0.2, -0.15) is 0 Å². The van der Waals surface area contributed by atoms with Crippen molar-refractivity contribution in [1.29, 1.82) is 0 Å². The molecule has 0 aromatic rings. The third-order valence-electron chi connectivity index (χ3n) is 12.0. The van der Waals surface area contributed by atoms with E-state index in [1.807, 2.05) is 0 Å². The van der Waals surface area contributed by atoms with Crippen molar-refractivity contribution >= 4 is 23.9 Å². The van der Waals surface area contributed by atoms with Crippen LogP contribution < -0.4 is 5.73 Å². The molecule has 0 spiro atoms. The van der Waals surface area contributed by atoms with Gasteiger partial charge in [0.1, 0.15) is 12.2 Å². The largest absolute Gasteiger partial charge is 0.481 e. The molecule has 0 aromatic carbocycles. The molecule has 0 aliphatic heterocycles. The van der Waals surface area contributed by atoms with Gasteiger partial charge in [-0.1, -0.05) is 59.5 Å². The third kappa shape index (κ3) is 9.80. The molecule has 4 rings (SSSR count). The molecule has 9 atom stereocenters. The minimum Gasteiger partial charge on any atom is -0.481 e. The van der Waals surface area contributed by atoms with Gasteiger partial charge in [0.05, 0.1) is 32.3 Å². The van der Waals surface area contributed by atoms with Gasteiger partial charge in [0.25, 0.3) is 0 Å². The van der Waals surface area contributed by atoms with Gasteiger partial charge in [0.2, 0.25) is 0 Å². The number of ether oxygens (including phenoxy) is 2. The number of esters is 2. The van der Waals surface area contributed by atoms with Crippen LogP contribution in [-0.2, 0) is 28.7 Å². The number of hydrogen-bond acceptors (Lipinski definition) is 8. The summed E-state index contributed by atoms with van der Waals surface area (Å²) in [6, 6.07) is 0. The highest BCUT2D eigenvalue weighted by atomic mass is 16.5.